The molecule has 0 spiro atoms. The zero-order valence-electron chi connectivity index (χ0n) is 11.4. The first kappa shape index (κ1) is 14.8. The Balaban J connectivity index is 1.76. The molecule has 21 heavy (non-hydrogen) atoms. The van der Waals surface area contributed by atoms with E-state index in [-0.39, 0.29) is 0 Å². The predicted molar refractivity (Wildman–Crippen MR) is 81.3 cm³/mol. The maximum Gasteiger partial charge on any atom is 0.123 e. The average molecular weight is 327 g/mol. The normalized spacial score (nSPS) is 23.4. The van der Waals surface area contributed by atoms with E-state index in [1.165, 1.54) is 0 Å². The largest absolute Gasteiger partial charge is 0.382 e. The van der Waals surface area contributed by atoms with Crippen molar-refractivity contribution in [1.82, 2.24) is 20.3 Å². The van der Waals surface area contributed by atoms with Crippen molar-refractivity contribution >= 4 is 23.2 Å². The molecule has 1 fully saturated rings. The van der Waals surface area contributed by atoms with Gasteiger partial charge in [0.2, 0.25) is 0 Å². The topological polar surface area (TPSA) is 65.0 Å². The molecular weight excluding hydrogens is 311 g/mol. The number of piperidine rings is 1. The standard InChI is InChI=1S/C14H16Cl2N4O/c15-11-2-3-12(16)10(6-11)8-20-5-1-4-14(21,9-20)13-7-17-19-18-13/h2-3,6-7,21H,1,4-5,8-9H2,(H,17,18,19)/t14-/m0/s1. The summed E-state index contributed by atoms with van der Waals surface area (Å²) >= 11 is 12.2. The van der Waals surface area contributed by atoms with Crippen LogP contribution in [0.5, 0.6) is 0 Å². The number of aromatic amines is 1. The lowest BCUT2D eigenvalue weighted by molar-refractivity contribution is -0.0414. The van der Waals surface area contributed by atoms with Crippen molar-refractivity contribution in [1.29, 1.82) is 0 Å². The van der Waals surface area contributed by atoms with E-state index < -0.39 is 5.60 Å². The van der Waals surface area contributed by atoms with Crippen molar-refractivity contribution in [3.05, 3.63) is 45.7 Å². The molecule has 0 amide bonds. The maximum absolute atomic E-state index is 10.8. The van der Waals surface area contributed by atoms with Crippen molar-refractivity contribution in [2.24, 2.45) is 0 Å². The summed E-state index contributed by atoms with van der Waals surface area (Å²) in [4.78, 5) is 2.16. The number of H-pyrrole nitrogens is 1. The third-order valence-electron chi connectivity index (χ3n) is 3.84. The highest BCUT2D eigenvalue weighted by atomic mass is 35.5. The van der Waals surface area contributed by atoms with Crippen LogP contribution < -0.4 is 0 Å². The summed E-state index contributed by atoms with van der Waals surface area (Å²) in [7, 11) is 0. The van der Waals surface area contributed by atoms with Crippen LogP contribution in [0, 0.1) is 0 Å². The fourth-order valence-corrected chi connectivity index (χ4v) is 3.17. The Hall–Kier alpha value is -1.14. The third kappa shape index (κ3) is 3.21. The molecule has 1 aromatic heterocycles. The summed E-state index contributed by atoms with van der Waals surface area (Å²) in [6.07, 6.45) is 3.15. The third-order valence-corrected chi connectivity index (χ3v) is 4.45. The first-order valence-corrected chi connectivity index (χ1v) is 7.57. The molecule has 1 aliphatic rings. The first-order valence-electron chi connectivity index (χ1n) is 6.82. The molecule has 5 nitrogen and oxygen atoms in total. The molecule has 1 aromatic carbocycles. The van der Waals surface area contributed by atoms with Crippen LogP contribution in [0.3, 0.4) is 0 Å². The van der Waals surface area contributed by atoms with Crippen molar-refractivity contribution in [3.8, 4) is 0 Å². The van der Waals surface area contributed by atoms with Crippen molar-refractivity contribution < 1.29 is 5.11 Å². The Morgan fingerprint density at radius 1 is 1.38 bits per heavy atom. The van der Waals surface area contributed by atoms with Crippen molar-refractivity contribution in [3.63, 3.8) is 0 Å². The van der Waals surface area contributed by atoms with Gasteiger partial charge in [0.05, 0.1) is 6.20 Å². The van der Waals surface area contributed by atoms with Gasteiger partial charge in [0, 0.05) is 23.1 Å². The monoisotopic (exact) mass is 326 g/mol. The summed E-state index contributed by atoms with van der Waals surface area (Å²) in [6.45, 7) is 2.06. The van der Waals surface area contributed by atoms with Gasteiger partial charge in [0.1, 0.15) is 11.3 Å². The highest BCUT2D eigenvalue weighted by Crippen LogP contribution is 2.31. The van der Waals surface area contributed by atoms with E-state index >= 15 is 0 Å². The van der Waals surface area contributed by atoms with Crippen molar-refractivity contribution in [2.45, 2.75) is 25.0 Å². The molecule has 112 valence electrons. The Morgan fingerprint density at radius 3 is 3.00 bits per heavy atom. The molecular formula is C14H16Cl2N4O. The van der Waals surface area contributed by atoms with Crippen LogP contribution in [0.1, 0.15) is 24.1 Å². The van der Waals surface area contributed by atoms with Gasteiger partial charge in [0.25, 0.3) is 0 Å². The number of nitrogens with one attached hydrogen (secondary N) is 1. The van der Waals surface area contributed by atoms with Gasteiger partial charge in [-0.3, -0.25) is 4.90 Å². The Labute approximate surface area is 132 Å². The Kier molecular flexibility index (Phi) is 4.17. The molecule has 2 heterocycles. The van der Waals surface area contributed by atoms with E-state index in [1.54, 1.807) is 18.3 Å². The minimum Gasteiger partial charge on any atom is -0.382 e. The quantitative estimate of drug-likeness (QED) is 0.909. The van der Waals surface area contributed by atoms with E-state index in [9.17, 15) is 5.11 Å². The van der Waals surface area contributed by atoms with Gasteiger partial charge in [0.15, 0.2) is 0 Å². The van der Waals surface area contributed by atoms with Gasteiger partial charge in [-0.2, -0.15) is 15.4 Å². The summed E-state index contributed by atoms with van der Waals surface area (Å²) in [6, 6.07) is 5.44. The molecule has 0 unspecified atom stereocenters. The van der Waals surface area contributed by atoms with E-state index in [2.05, 4.69) is 20.3 Å². The lowest BCUT2D eigenvalue weighted by Gasteiger charge is -2.38. The SMILES string of the molecule is O[C@@]1(c2cn[nH]n2)CCCN(Cc2cc(Cl)ccc2Cl)C1. The number of benzene rings is 1. The Bertz CT molecular complexity index is 619. The number of nitrogens with zero attached hydrogens (tertiary/aromatic N) is 3. The van der Waals surface area contributed by atoms with Crippen LogP contribution in [-0.4, -0.2) is 38.5 Å². The van der Waals surface area contributed by atoms with E-state index in [0.717, 1.165) is 18.5 Å². The van der Waals surface area contributed by atoms with Gasteiger partial charge in [-0.15, -0.1) is 0 Å². The smallest absolute Gasteiger partial charge is 0.123 e. The van der Waals surface area contributed by atoms with E-state index in [4.69, 9.17) is 23.2 Å². The summed E-state index contributed by atoms with van der Waals surface area (Å²) < 4.78 is 0. The molecule has 0 saturated carbocycles. The molecule has 1 atom stereocenters. The van der Waals surface area contributed by atoms with Crippen LogP contribution in [0.2, 0.25) is 10.0 Å². The number of likely N-dealkylation sites (tertiary alicyclic amines) is 1. The molecule has 1 saturated heterocycles. The number of hydrogen-bond donors (Lipinski definition) is 2. The summed E-state index contributed by atoms with van der Waals surface area (Å²) in [5.74, 6) is 0. The average Bonchev–Trinajstić information content (AvgIpc) is 2.98. The number of halogens is 2. The zero-order chi connectivity index (χ0) is 14.9. The molecule has 2 aromatic rings. The molecule has 3 rings (SSSR count). The molecule has 2 N–H and O–H groups in total. The van der Waals surface area contributed by atoms with Crippen LogP contribution >= 0.6 is 23.2 Å². The molecule has 0 radical (unpaired) electrons. The number of aliphatic hydroxyl groups is 1. The van der Waals surface area contributed by atoms with Crippen LogP contribution in [0.15, 0.2) is 24.4 Å². The lowest BCUT2D eigenvalue weighted by Crippen LogP contribution is -2.45. The predicted octanol–water partition coefficient (Wildman–Crippen LogP) is 2.60. The molecule has 7 heteroatoms. The second-order valence-electron chi connectivity index (χ2n) is 5.44. The van der Waals surface area contributed by atoms with Gasteiger partial charge in [-0.25, -0.2) is 0 Å². The summed E-state index contributed by atoms with van der Waals surface area (Å²) in [5, 5.41) is 22.5. The van der Waals surface area contributed by atoms with Gasteiger partial charge < -0.3 is 5.11 Å². The fraction of sp³-hybridized carbons (Fsp3) is 0.429. The van der Waals surface area contributed by atoms with Crippen LogP contribution in [0.25, 0.3) is 0 Å². The zero-order valence-corrected chi connectivity index (χ0v) is 12.9. The number of hydrogen-bond acceptors (Lipinski definition) is 4. The molecule has 0 aliphatic carbocycles. The van der Waals surface area contributed by atoms with Crippen molar-refractivity contribution in [2.75, 3.05) is 13.1 Å². The van der Waals surface area contributed by atoms with Gasteiger partial charge in [-0.05, 0) is 43.1 Å². The van der Waals surface area contributed by atoms with Crippen LogP contribution in [0.4, 0.5) is 0 Å². The van der Waals surface area contributed by atoms with E-state index in [1.807, 2.05) is 6.07 Å². The van der Waals surface area contributed by atoms with Crippen LogP contribution in [-0.2, 0) is 12.1 Å². The minimum atomic E-state index is -0.962. The fourth-order valence-electron chi connectivity index (χ4n) is 2.80. The number of aromatic nitrogens is 3. The molecule has 0 bridgehead atoms. The summed E-state index contributed by atoms with van der Waals surface area (Å²) in [5.41, 5.74) is 0.592. The highest BCUT2D eigenvalue weighted by molar-refractivity contribution is 6.33. The second kappa shape index (κ2) is 5.93. The number of rotatable bonds is 3. The number of β-amino-alcohol motifs (C(OH)–C–C–N with tert-alkyl or cyclic N) is 1. The first-order chi connectivity index (χ1) is 10.1. The van der Waals surface area contributed by atoms with Gasteiger partial charge in [-0.1, -0.05) is 23.2 Å². The van der Waals surface area contributed by atoms with Gasteiger partial charge >= 0.3 is 0 Å². The highest BCUT2D eigenvalue weighted by Gasteiger charge is 2.37. The Morgan fingerprint density at radius 2 is 2.24 bits per heavy atom. The molecule has 1 aliphatic heterocycles. The second-order valence-corrected chi connectivity index (χ2v) is 6.28. The minimum absolute atomic E-state index is 0.502. The lowest BCUT2D eigenvalue weighted by atomic mass is 9.90. The maximum atomic E-state index is 10.8. The van der Waals surface area contributed by atoms with E-state index in [0.29, 0.717) is 35.2 Å².